The van der Waals surface area contributed by atoms with Crippen LogP contribution in [0.2, 0.25) is 0 Å². The van der Waals surface area contributed by atoms with Crippen LogP contribution in [0.1, 0.15) is 31.7 Å². The van der Waals surface area contributed by atoms with E-state index < -0.39 is 0 Å². The first kappa shape index (κ1) is 10.5. The molecule has 0 spiro atoms. The van der Waals surface area contributed by atoms with Crippen LogP contribution in [0.15, 0.2) is 24.3 Å². The Morgan fingerprint density at radius 1 is 1.06 bits per heavy atom. The fourth-order valence-corrected chi connectivity index (χ4v) is 2.44. The maximum atomic E-state index is 11.9. The normalized spacial score (nSPS) is 26.6. The zero-order chi connectivity index (χ0) is 12.2. The molecule has 1 aromatic rings. The molecule has 1 heterocycles. The number of rotatable bonds is 2. The van der Waals surface area contributed by atoms with E-state index >= 15 is 0 Å². The third-order valence-electron chi connectivity index (χ3n) is 3.68. The number of carbonyl (C=O) groups excluding carboxylic acids is 2. The summed E-state index contributed by atoms with van der Waals surface area (Å²) in [6, 6.07) is 7.72. The minimum Gasteiger partial charge on any atom is -0.274 e. The third kappa shape index (κ3) is 1.49. The summed E-state index contributed by atoms with van der Waals surface area (Å²) in [6.07, 6.45) is 0.762. The fourth-order valence-electron chi connectivity index (χ4n) is 2.44. The zero-order valence-corrected chi connectivity index (χ0v) is 10.0. The summed E-state index contributed by atoms with van der Waals surface area (Å²) < 4.78 is 0. The lowest BCUT2D eigenvalue weighted by atomic mass is 10.0. The SMILES string of the molecule is CC(C)c1ccc(N2C(=O)[C@@H]3C[C@H]3C2=O)cc1. The second kappa shape index (κ2) is 3.42. The molecule has 1 aliphatic heterocycles. The lowest BCUT2D eigenvalue weighted by Gasteiger charge is -2.17. The van der Waals surface area contributed by atoms with Gasteiger partial charge >= 0.3 is 0 Å². The summed E-state index contributed by atoms with van der Waals surface area (Å²) in [5, 5.41) is 0. The number of imide groups is 1. The van der Waals surface area contributed by atoms with Crippen LogP contribution < -0.4 is 4.90 Å². The lowest BCUT2D eigenvalue weighted by molar-refractivity contribution is -0.123. The average molecular weight is 229 g/mol. The summed E-state index contributed by atoms with van der Waals surface area (Å²) >= 11 is 0. The van der Waals surface area contributed by atoms with E-state index in [4.69, 9.17) is 0 Å². The van der Waals surface area contributed by atoms with Crippen LogP contribution in [0.5, 0.6) is 0 Å². The van der Waals surface area contributed by atoms with E-state index in [1.54, 1.807) is 0 Å². The molecule has 1 saturated carbocycles. The molecule has 2 fully saturated rings. The fraction of sp³-hybridized carbons (Fsp3) is 0.429. The Kier molecular flexibility index (Phi) is 2.12. The van der Waals surface area contributed by atoms with E-state index in [0.29, 0.717) is 5.92 Å². The highest BCUT2D eigenvalue weighted by molar-refractivity contribution is 6.24. The highest BCUT2D eigenvalue weighted by Crippen LogP contribution is 2.48. The molecule has 88 valence electrons. The second-order valence-corrected chi connectivity index (χ2v) is 5.21. The van der Waals surface area contributed by atoms with Gasteiger partial charge in [0, 0.05) is 0 Å². The monoisotopic (exact) mass is 229 g/mol. The molecule has 1 aromatic carbocycles. The molecule has 0 aromatic heterocycles. The van der Waals surface area contributed by atoms with Crippen molar-refractivity contribution in [3.05, 3.63) is 29.8 Å². The molecule has 0 N–H and O–H groups in total. The minimum absolute atomic E-state index is 0.0164. The van der Waals surface area contributed by atoms with Gasteiger partial charge in [-0.05, 0) is 30.0 Å². The number of piperidine rings is 1. The van der Waals surface area contributed by atoms with Crippen LogP contribution >= 0.6 is 0 Å². The molecule has 1 saturated heterocycles. The predicted molar refractivity (Wildman–Crippen MR) is 64.6 cm³/mol. The van der Waals surface area contributed by atoms with Crippen molar-refractivity contribution in [1.82, 2.24) is 0 Å². The molecule has 0 radical (unpaired) electrons. The number of hydrogen-bond acceptors (Lipinski definition) is 2. The van der Waals surface area contributed by atoms with Crippen molar-refractivity contribution in [1.29, 1.82) is 0 Å². The van der Waals surface area contributed by atoms with Crippen LogP contribution in [-0.2, 0) is 9.59 Å². The number of anilines is 1. The van der Waals surface area contributed by atoms with Gasteiger partial charge in [0.25, 0.3) is 0 Å². The van der Waals surface area contributed by atoms with E-state index in [9.17, 15) is 9.59 Å². The van der Waals surface area contributed by atoms with E-state index in [1.165, 1.54) is 10.5 Å². The molecule has 0 unspecified atom stereocenters. The van der Waals surface area contributed by atoms with Crippen molar-refractivity contribution in [3.63, 3.8) is 0 Å². The highest BCUT2D eigenvalue weighted by Gasteiger charge is 2.59. The first-order valence-corrected chi connectivity index (χ1v) is 6.07. The van der Waals surface area contributed by atoms with Gasteiger partial charge in [0.2, 0.25) is 11.8 Å². The Labute approximate surface area is 100 Å². The Bertz CT molecular complexity index is 469. The molecule has 2 atom stereocenters. The molecular weight excluding hydrogens is 214 g/mol. The van der Waals surface area contributed by atoms with E-state index in [0.717, 1.165) is 12.1 Å². The Balaban J connectivity index is 1.90. The van der Waals surface area contributed by atoms with Crippen molar-refractivity contribution in [2.45, 2.75) is 26.2 Å². The van der Waals surface area contributed by atoms with Gasteiger partial charge in [-0.1, -0.05) is 26.0 Å². The van der Waals surface area contributed by atoms with Gasteiger partial charge in [-0.25, -0.2) is 0 Å². The molecular formula is C14H15NO2. The Hall–Kier alpha value is -1.64. The van der Waals surface area contributed by atoms with E-state index in [2.05, 4.69) is 13.8 Å². The first-order valence-electron chi connectivity index (χ1n) is 6.07. The first-order chi connectivity index (χ1) is 8.09. The average Bonchev–Trinajstić information content (AvgIpc) is 3.05. The van der Waals surface area contributed by atoms with Gasteiger partial charge in [-0.15, -0.1) is 0 Å². The van der Waals surface area contributed by atoms with Crippen LogP contribution in [0.3, 0.4) is 0 Å². The van der Waals surface area contributed by atoms with Crippen molar-refractivity contribution < 1.29 is 9.59 Å². The number of amides is 2. The van der Waals surface area contributed by atoms with Crippen LogP contribution in [0.4, 0.5) is 5.69 Å². The lowest BCUT2D eigenvalue weighted by Crippen LogP contribution is -2.32. The van der Waals surface area contributed by atoms with Crippen molar-refractivity contribution in [2.75, 3.05) is 4.90 Å². The smallest absolute Gasteiger partial charge is 0.237 e. The maximum Gasteiger partial charge on any atom is 0.237 e. The van der Waals surface area contributed by atoms with E-state index in [1.807, 2.05) is 24.3 Å². The van der Waals surface area contributed by atoms with Crippen molar-refractivity contribution >= 4 is 17.5 Å². The zero-order valence-electron chi connectivity index (χ0n) is 10.0. The highest BCUT2D eigenvalue weighted by atomic mass is 16.2. The molecule has 3 heteroatoms. The van der Waals surface area contributed by atoms with Crippen LogP contribution in [0, 0.1) is 11.8 Å². The molecule has 3 nitrogen and oxygen atoms in total. The van der Waals surface area contributed by atoms with Crippen molar-refractivity contribution in [3.8, 4) is 0 Å². The van der Waals surface area contributed by atoms with Gasteiger partial charge < -0.3 is 0 Å². The van der Waals surface area contributed by atoms with Gasteiger partial charge in [0.15, 0.2) is 0 Å². The predicted octanol–water partition coefficient (Wildman–Crippen LogP) is 2.32. The largest absolute Gasteiger partial charge is 0.274 e. The number of carbonyl (C=O) groups is 2. The summed E-state index contributed by atoms with van der Waals surface area (Å²) in [4.78, 5) is 25.1. The van der Waals surface area contributed by atoms with Gasteiger partial charge in [0.1, 0.15) is 0 Å². The second-order valence-electron chi connectivity index (χ2n) is 5.21. The van der Waals surface area contributed by atoms with Gasteiger partial charge in [-0.2, -0.15) is 0 Å². The molecule has 2 amide bonds. The summed E-state index contributed by atoms with van der Waals surface area (Å²) in [5.41, 5.74) is 1.94. The number of fused-ring (bicyclic) bond motifs is 1. The molecule has 2 aliphatic rings. The van der Waals surface area contributed by atoms with E-state index in [-0.39, 0.29) is 23.7 Å². The topological polar surface area (TPSA) is 37.4 Å². The Morgan fingerprint density at radius 3 is 2.06 bits per heavy atom. The number of benzene rings is 1. The third-order valence-corrected chi connectivity index (χ3v) is 3.68. The molecule has 17 heavy (non-hydrogen) atoms. The van der Waals surface area contributed by atoms with Crippen LogP contribution in [-0.4, -0.2) is 11.8 Å². The summed E-state index contributed by atoms with van der Waals surface area (Å²) in [7, 11) is 0. The molecule has 1 aliphatic carbocycles. The molecule has 3 rings (SSSR count). The number of hydrogen-bond donors (Lipinski definition) is 0. The number of nitrogens with zero attached hydrogens (tertiary/aromatic N) is 1. The maximum absolute atomic E-state index is 11.9. The standard InChI is InChI=1S/C14H15NO2/c1-8(2)9-3-5-10(6-4-9)15-13(16)11-7-12(11)14(15)17/h3-6,8,11-12H,7H2,1-2H3/t11-,12-/m1/s1. The molecule has 0 bridgehead atoms. The van der Waals surface area contributed by atoms with Crippen LogP contribution in [0.25, 0.3) is 0 Å². The van der Waals surface area contributed by atoms with Crippen molar-refractivity contribution in [2.24, 2.45) is 11.8 Å². The van der Waals surface area contributed by atoms with Gasteiger partial charge in [-0.3, -0.25) is 14.5 Å². The summed E-state index contributed by atoms with van der Waals surface area (Å²) in [5.74, 6) is 0.386. The van der Waals surface area contributed by atoms with Gasteiger partial charge in [0.05, 0.1) is 17.5 Å². The Morgan fingerprint density at radius 2 is 1.59 bits per heavy atom. The quantitative estimate of drug-likeness (QED) is 0.730. The minimum atomic E-state index is -0.0210. The summed E-state index contributed by atoms with van der Waals surface area (Å²) in [6.45, 7) is 4.24.